The second kappa shape index (κ2) is 7.98. The summed E-state index contributed by atoms with van der Waals surface area (Å²) in [6.07, 6.45) is 0.406. The van der Waals surface area contributed by atoms with E-state index in [0.29, 0.717) is 0 Å². The number of benzene rings is 2. The summed E-state index contributed by atoms with van der Waals surface area (Å²) >= 11 is 0. The molecule has 0 spiro atoms. The second-order valence-electron chi connectivity index (χ2n) is 4.84. The van der Waals surface area contributed by atoms with Crippen LogP contribution >= 0.6 is 0 Å². The van der Waals surface area contributed by atoms with Crippen molar-refractivity contribution in [2.24, 2.45) is 0 Å². The number of hydrogen-bond donors (Lipinski definition) is 0. The molecule has 0 N–H and O–H groups in total. The summed E-state index contributed by atoms with van der Waals surface area (Å²) in [6, 6.07) is 17.9. The van der Waals surface area contributed by atoms with Gasteiger partial charge in [-0.15, -0.1) is 0 Å². The quantitative estimate of drug-likeness (QED) is 0.608. The van der Waals surface area contributed by atoms with E-state index in [4.69, 9.17) is 4.74 Å². The molecule has 0 unspecified atom stereocenters. The first-order chi connectivity index (χ1) is 10.7. The molecule has 0 saturated heterocycles. The van der Waals surface area contributed by atoms with Crippen molar-refractivity contribution in [2.45, 2.75) is 19.4 Å². The van der Waals surface area contributed by atoms with E-state index in [2.05, 4.69) is 16.9 Å². The van der Waals surface area contributed by atoms with Gasteiger partial charge in [-0.1, -0.05) is 54.6 Å². The topological polar surface area (TPSA) is 52.6 Å². The van der Waals surface area contributed by atoms with E-state index in [1.54, 1.807) is 0 Å². The Labute approximate surface area is 129 Å². The Kier molecular flexibility index (Phi) is 5.72. The number of carbonyl (C=O) groups excluding carboxylic acids is 2. The van der Waals surface area contributed by atoms with Gasteiger partial charge in [0.25, 0.3) is 0 Å². The smallest absolute Gasteiger partial charge is 0.317 e. The lowest BCUT2D eigenvalue weighted by Gasteiger charge is -2.10. The monoisotopic (exact) mass is 298 g/mol. The average Bonchev–Trinajstić information content (AvgIpc) is 2.55. The minimum Gasteiger partial charge on any atom is -0.469 e. The zero-order valence-electron chi connectivity index (χ0n) is 12.5. The predicted molar refractivity (Wildman–Crippen MR) is 82.1 cm³/mol. The average molecular weight is 298 g/mol. The van der Waals surface area contributed by atoms with E-state index in [9.17, 15) is 9.59 Å². The lowest BCUT2D eigenvalue weighted by molar-refractivity contribution is -0.153. The molecule has 0 saturated carbocycles. The first-order valence-corrected chi connectivity index (χ1v) is 7.02. The Bertz CT molecular complexity index is 635. The summed E-state index contributed by atoms with van der Waals surface area (Å²) in [6.45, 7) is 0.152. The molecule has 2 aromatic rings. The third-order valence-electron chi connectivity index (χ3n) is 3.26. The normalized spacial score (nSPS) is 10.0. The molecule has 0 aliphatic carbocycles. The lowest BCUT2D eigenvalue weighted by Crippen LogP contribution is -2.12. The fraction of sp³-hybridized carbons (Fsp3) is 0.222. The third-order valence-corrected chi connectivity index (χ3v) is 3.26. The number of esters is 2. The van der Waals surface area contributed by atoms with Crippen LogP contribution in [0.25, 0.3) is 0 Å². The van der Waals surface area contributed by atoms with E-state index in [1.807, 2.05) is 42.5 Å². The largest absolute Gasteiger partial charge is 0.469 e. The summed E-state index contributed by atoms with van der Waals surface area (Å²) < 4.78 is 9.58. The van der Waals surface area contributed by atoms with Crippen LogP contribution < -0.4 is 0 Å². The Balaban J connectivity index is 1.99. The van der Waals surface area contributed by atoms with E-state index in [0.717, 1.165) is 17.5 Å². The summed E-state index contributed by atoms with van der Waals surface area (Å²) in [5.74, 6) is -1.18. The molecule has 4 nitrogen and oxygen atoms in total. The molecule has 2 aromatic carbocycles. The van der Waals surface area contributed by atoms with Crippen molar-refractivity contribution in [1.82, 2.24) is 0 Å². The van der Waals surface area contributed by atoms with Crippen LogP contribution in [0.3, 0.4) is 0 Å². The van der Waals surface area contributed by atoms with Crippen LogP contribution in [-0.2, 0) is 32.1 Å². The molecular formula is C18H18O4. The van der Waals surface area contributed by atoms with Gasteiger partial charge in [0.1, 0.15) is 13.0 Å². The fourth-order valence-electron chi connectivity index (χ4n) is 2.09. The molecule has 0 atom stereocenters. The number of ether oxygens (including phenoxy) is 2. The molecule has 0 radical (unpaired) electrons. The van der Waals surface area contributed by atoms with Crippen LogP contribution in [-0.4, -0.2) is 19.0 Å². The van der Waals surface area contributed by atoms with Crippen LogP contribution in [0.5, 0.6) is 0 Å². The summed E-state index contributed by atoms with van der Waals surface area (Å²) in [7, 11) is 1.24. The molecule has 0 amide bonds. The van der Waals surface area contributed by atoms with E-state index < -0.39 is 11.9 Å². The van der Waals surface area contributed by atoms with Crippen LogP contribution in [0.2, 0.25) is 0 Å². The number of carbonyl (C=O) groups is 2. The molecular weight excluding hydrogens is 280 g/mol. The number of methoxy groups -OCH3 is 1. The molecule has 0 heterocycles. The number of rotatable bonds is 6. The third kappa shape index (κ3) is 4.74. The van der Waals surface area contributed by atoms with Gasteiger partial charge in [0.15, 0.2) is 0 Å². The van der Waals surface area contributed by atoms with Gasteiger partial charge >= 0.3 is 11.9 Å². The second-order valence-corrected chi connectivity index (χ2v) is 4.84. The Morgan fingerprint density at radius 3 is 2.18 bits per heavy atom. The SMILES string of the molecule is COC(=O)CC(=O)OCc1ccccc1Cc1ccccc1. The molecule has 114 valence electrons. The van der Waals surface area contributed by atoms with Crippen LogP contribution in [0, 0.1) is 0 Å². The molecule has 0 aromatic heterocycles. The molecule has 2 rings (SSSR count). The molecule has 0 aliphatic rings. The highest BCUT2D eigenvalue weighted by molar-refractivity contribution is 5.91. The van der Waals surface area contributed by atoms with Crippen LogP contribution in [0.4, 0.5) is 0 Å². The van der Waals surface area contributed by atoms with Gasteiger partial charge in [0, 0.05) is 0 Å². The van der Waals surface area contributed by atoms with Crippen molar-refractivity contribution in [3.05, 3.63) is 71.3 Å². The number of hydrogen-bond acceptors (Lipinski definition) is 4. The first-order valence-electron chi connectivity index (χ1n) is 7.02. The molecule has 4 heteroatoms. The highest BCUT2D eigenvalue weighted by Crippen LogP contribution is 2.15. The molecule has 22 heavy (non-hydrogen) atoms. The predicted octanol–water partition coefficient (Wildman–Crippen LogP) is 2.88. The van der Waals surface area contributed by atoms with Crippen molar-refractivity contribution in [1.29, 1.82) is 0 Å². The molecule has 0 aliphatic heterocycles. The molecule has 0 bridgehead atoms. The summed E-state index contributed by atoms with van der Waals surface area (Å²) in [5, 5.41) is 0. The Morgan fingerprint density at radius 1 is 0.864 bits per heavy atom. The highest BCUT2D eigenvalue weighted by atomic mass is 16.5. The Hall–Kier alpha value is -2.62. The van der Waals surface area contributed by atoms with Gasteiger partial charge in [-0.3, -0.25) is 9.59 Å². The van der Waals surface area contributed by atoms with Gasteiger partial charge < -0.3 is 9.47 Å². The van der Waals surface area contributed by atoms with E-state index >= 15 is 0 Å². The highest BCUT2D eigenvalue weighted by Gasteiger charge is 2.12. The first kappa shape index (κ1) is 15.8. The van der Waals surface area contributed by atoms with Crippen molar-refractivity contribution >= 4 is 11.9 Å². The van der Waals surface area contributed by atoms with Gasteiger partial charge in [-0.25, -0.2) is 0 Å². The molecule has 0 fully saturated rings. The van der Waals surface area contributed by atoms with Crippen molar-refractivity contribution in [2.75, 3.05) is 7.11 Å². The fourth-order valence-corrected chi connectivity index (χ4v) is 2.09. The zero-order chi connectivity index (χ0) is 15.8. The van der Waals surface area contributed by atoms with E-state index in [-0.39, 0.29) is 13.0 Å². The van der Waals surface area contributed by atoms with Gasteiger partial charge in [-0.05, 0) is 23.1 Å². The maximum Gasteiger partial charge on any atom is 0.317 e. The lowest BCUT2D eigenvalue weighted by atomic mass is 10.0. The Morgan fingerprint density at radius 2 is 1.50 bits per heavy atom. The van der Waals surface area contributed by atoms with Crippen molar-refractivity contribution in [3.8, 4) is 0 Å². The zero-order valence-corrected chi connectivity index (χ0v) is 12.5. The van der Waals surface area contributed by atoms with Gasteiger partial charge in [0.2, 0.25) is 0 Å². The maximum atomic E-state index is 11.5. The minimum absolute atomic E-state index is 0.152. The van der Waals surface area contributed by atoms with E-state index in [1.165, 1.54) is 12.7 Å². The summed E-state index contributed by atoms with van der Waals surface area (Å²) in [4.78, 5) is 22.6. The van der Waals surface area contributed by atoms with Crippen molar-refractivity contribution < 1.29 is 19.1 Å². The minimum atomic E-state index is -0.595. The standard InChI is InChI=1S/C18H18O4/c1-21-17(19)12-18(20)22-13-16-10-6-5-9-15(16)11-14-7-3-2-4-8-14/h2-10H,11-13H2,1H3. The van der Waals surface area contributed by atoms with Crippen LogP contribution in [0.1, 0.15) is 23.1 Å². The maximum absolute atomic E-state index is 11.5. The summed E-state index contributed by atoms with van der Waals surface area (Å²) in [5.41, 5.74) is 3.22. The van der Waals surface area contributed by atoms with Crippen LogP contribution in [0.15, 0.2) is 54.6 Å². The van der Waals surface area contributed by atoms with Gasteiger partial charge in [0.05, 0.1) is 7.11 Å². The van der Waals surface area contributed by atoms with Gasteiger partial charge in [-0.2, -0.15) is 0 Å². The van der Waals surface area contributed by atoms with Crippen molar-refractivity contribution in [3.63, 3.8) is 0 Å².